The van der Waals surface area contributed by atoms with Gasteiger partial charge < -0.3 is 10.6 Å². The number of carbonyl (C=O) groups excluding carboxylic acids is 1. The number of amides is 1. The van der Waals surface area contributed by atoms with E-state index in [0.29, 0.717) is 5.92 Å². The average molecular weight is 225 g/mol. The zero-order valence-electron chi connectivity index (χ0n) is 8.56. The molecule has 0 aromatic carbocycles. The van der Waals surface area contributed by atoms with E-state index >= 15 is 0 Å². The Labute approximate surface area is 93.1 Å². The van der Waals surface area contributed by atoms with E-state index in [1.807, 2.05) is 16.5 Å². The minimum Gasteiger partial charge on any atom is -0.341 e. The van der Waals surface area contributed by atoms with Crippen molar-refractivity contribution in [2.45, 2.75) is 18.8 Å². The number of likely N-dealkylation sites (tertiary alicyclic amines) is 1. The van der Waals surface area contributed by atoms with Gasteiger partial charge in [-0.05, 0) is 12.8 Å². The van der Waals surface area contributed by atoms with E-state index in [1.165, 1.54) is 0 Å². The second-order valence-electron chi connectivity index (χ2n) is 3.75. The smallest absolute Gasteiger partial charge is 0.236 e. The van der Waals surface area contributed by atoms with Gasteiger partial charge in [0.05, 0.1) is 11.6 Å². The molecule has 1 aliphatic heterocycles. The Morgan fingerprint density at radius 2 is 2.60 bits per heavy atom. The van der Waals surface area contributed by atoms with Gasteiger partial charge in [0.1, 0.15) is 0 Å². The fourth-order valence-electron chi connectivity index (χ4n) is 1.97. The number of hydrogen-bond acceptors (Lipinski definition) is 4. The molecule has 0 spiro atoms. The summed E-state index contributed by atoms with van der Waals surface area (Å²) in [5.74, 6) is 0.463. The summed E-state index contributed by atoms with van der Waals surface area (Å²) in [5.41, 5.74) is 5.36. The summed E-state index contributed by atoms with van der Waals surface area (Å²) < 4.78 is 0. The van der Waals surface area contributed by atoms with Crippen molar-refractivity contribution in [3.63, 3.8) is 0 Å². The molecule has 1 aliphatic rings. The van der Waals surface area contributed by atoms with Crippen LogP contribution in [0.3, 0.4) is 0 Å². The predicted molar refractivity (Wildman–Crippen MR) is 59.7 cm³/mol. The van der Waals surface area contributed by atoms with E-state index in [0.717, 1.165) is 30.9 Å². The fraction of sp³-hybridized carbons (Fsp3) is 0.600. The molecule has 1 fully saturated rings. The molecule has 2 rings (SSSR count). The molecule has 1 amide bonds. The van der Waals surface area contributed by atoms with Crippen LogP contribution in [-0.2, 0) is 4.79 Å². The molecular weight excluding hydrogens is 210 g/mol. The van der Waals surface area contributed by atoms with Gasteiger partial charge in [-0.1, -0.05) is 0 Å². The Morgan fingerprint density at radius 3 is 3.27 bits per heavy atom. The van der Waals surface area contributed by atoms with Gasteiger partial charge in [0, 0.05) is 30.6 Å². The van der Waals surface area contributed by atoms with E-state index in [2.05, 4.69) is 4.98 Å². The highest BCUT2D eigenvalue weighted by Gasteiger charge is 2.25. The summed E-state index contributed by atoms with van der Waals surface area (Å²) in [4.78, 5) is 17.6. The van der Waals surface area contributed by atoms with Gasteiger partial charge in [0.15, 0.2) is 0 Å². The molecule has 82 valence electrons. The quantitative estimate of drug-likeness (QED) is 0.810. The molecule has 1 unspecified atom stereocenters. The van der Waals surface area contributed by atoms with Crippen molar-refractivity contribution in [2.24, 2.45) is 5.73 Å². The fourth-order valence-corrected chi connectivity index (χ4v) is 2.74. The zero-order valence-corrected chi connectivity index (χ0v) is 9.37. The van der Waals surface area contributed by atoms with Gasteiger partial charge in [-0.3, -0.25) is 4.79 Å². The predicted octanol–water partition coefficient (Wildman–Crippen LogP) is 0.808. The largest absolute Gasteiger partial charge is 0.341 e. The second kappa shape index (κ2) is 4.72. The number of piperidine rings is 1. The standard InChI is InChI=1S/C10H15N3OS/c11-6-9(14)13-4-1-2-8(7-13)10-12-3-5-15-10/h3,5,8H,1-2,4,6-7,11H2. The minimum atomic E-state index is 0.0521. The topological polar surface area (TPSA) is 59.2 Å². The molecule has 2 N–H and O–H groups in total. The average Bonchev–Trinajstić information content (AvgIpc) is 2.82. The van der Waals surface area contributed by atoms with Crippen LogP contribution in [0.4, 0.5) is 0 Å². The Balaban J connectivity index is 2.01. The number of nitrogens with two attached hydrogens (primary N) is 1. The van der Waals surface area contributed by atoms with Crippen LogP contribution in [0, 0.1) is 0 Å². The monoisotopic (exact) mass is 225 g/mol. The summed E-state index contributed by atoms with van der Waals surface area (Å²) in [6, 6.07) is 0. The summed E-state index contributed by atoms with van der Waals surface area (Å²) in [5, 5.41) is 3.13. The highest BCUT2D eigenvalue weighted by atomic mass is 32.1. The van der Waals surface area contributed by atoms with E-state index in [1.54, 1.807) is 11.3 Å². The van der Waals surface area contributed by atoms with E-state index in [9.17, 15) is 4.79 Å². The first-order chi connectivity index (χ1) is 7.31. The summed E-state index contributed by atoms with van der Waals surface area (Å²) in [7, 11) is 0. The van der Waals surface area contributed by atoms with Gasteiger partial charge >= 0.3 is 0 Å². The van der Waals surface area contributed by atoms with Crippen LogP contribution in [-0.4, -0.2) is 35.4 Å². The molecule has 1 atom stereocenters. The first kappa shape index (κ1) is 10.6. The maximum atomic E-state index is 11.5. The van der Waals surface area contributed by atoms with Crippen LogP contribution >= 0.6 is 11.3 Å². The molecule has 1 aromatic rings. The molecule has 0 saturated carbocycles. The Hall–Kier alpha value is -0.940. The summed E-state index contributed by atoms with van der Waals surface area (Å²) in [6.07, 6.45) is 4.00. The zero-order chi connectivity index (χ0) is 10.7. The van der Waals surface area contributed by atoms with Gasteiger partial charge in [-0.25, -0.2) is 4.98 Å². The first-order valence-corrected chi connectivity index (χ1v) is 6.06. The minimum absolute atomic E-state index is 0.0521. The third kappa shape index (κ3) is 2.35. The molecule has 4 nitrogen and oxygen atoms in total. The van der Waals surface area contributed by atoms with E-state index in [4.69, 9.17) is 5.73 Å². The molecule has 15 heavy (non-hydrogen) atoms. The lowest BCUT2D eigenvalue weighted by Crippen LogP contribution is -2.42. The number of aromatic nitrogens is 1. The maximum absolute atomic E-state index is 11.5. The van der Waals surface area contributed by atoms with Crippen LogP contribution in [0.2, 0.25) is 0 Å². The molecule has 1 aromatic heterocycles. The van der Waals surface area contributed by atoms with Gasteiger partial charge in [0.25, 0.3) is 0 Å². The van der Waals surface area contributed by atoms with Crippen LogP contribution in [0.25, 0.3) is 0 Å². The van der Waals surface area contributed by atoms with Crippen molar-refractivity contribution in [2.75, 3.05) is 19.6 Å². The Kier molecular flexibility index (Phi) is 3.33. The van der Waals surface area contributed by atoms with Crippen LogP contribution < -0.4 is 5.73 Å². The molecule has 0 bridgehead atoms. The second-order valence-corrected chi connectivity index (χ2v) is 4.68. The number of nitrogens with zero attached hydrogens (tertiary/aromatic N) is 2. The van der Waals surface area contributed by atoms with Crippen molar-refractivity contribution in [3.8, 4) is 0 Å². The van der Waals surface area contributed by atoms with Crippen molar-refractivity contribution in [3.05, 3.63) is 16.6 Å². The van der Waals surface area contributed by atoms with Crippen molar-refractivity contribution in [1.82, 2.24) is 9.88 Å². The number of rotatable bonds is 2. The van der Waals surface area contributed by atoms with Crippen LogP contribution in [0.1, 0.15) is 23.8 Å². The SMILES string of the molecule is NCC(=O)N1CCCC(c2nccs2)C1. The molecule has 1 saturated heterocycles. The van der Waals surface area contributed by atoms with Crippen LogP contribution in [0.15, 0.2) is 11.6 Å². The number of thiazole rings is 1. The summed E-state index contributed by atoms with van der Waals surface area (Å²) >= 11 is 1.67. The molecule has 0 aliphatic carbocycles. The van der Waals surface area contributed by atoms with Gasteiger partial charge in [-0.15, -0.1) is 11.3 Å². The van der Waals surface area contributed by atoms with Gasteiger partial charge in [0.2, 0.25) is 5.91 Å². The van der Waals surface area contributed by atoms with E-state index < -0.39 is 0 Å². The van der Waals surface area contributed by atoms with Crippen molar-refractivity contribution < 1.29 is 4.79 Å². The molecule has 2 heterocycles. The number of hydrogen-bond donors (Lipinski definition) is 1. The molecule has 0 radical (unpaired) electrons. The highest BCUT2D eigenvalue weighted by Crippen LogP contribution is 2.27. The van der Waals surface area contributed by atoms with Crippen molar-refractivity contribution in [1.29, 1.82) is 0 Å². The first-order valence-electron chi connectivity index (χ1n) is 5.18. The third-order valence-electron chi connectivity index (χ3n) is 2.75. The Bertz CT molecular complexity index is 325. The highest BCUT2D eigenvalue weighted by molar-refractivity contribution is 7.09. The van der Waals surface area contributed by atoms with E-state index in [-0.39, 0.29) is 12.5 Å². The number of carbonyl (C=O) groups is 1. The lowest BCUT2D eigenvalue weighted by Gasteiger charge is -2.31. The van der Waals surface area contributed by atoms with Gasteiger partial charge in [-0.2, -0.15) is 0 Å². The maximum Gasteiger partial charge on any atom is 0.236 e. The lowest BCUT2D eigenvalue weighted by molar-refractivity contribution is -0.130. The van der Waals surface area contributed by atoms with Crippen molar-refractivity contribution >= 4 is 17.2 Å². The molecule has 5 heteroatoms. The normalized spacial score (nSPS) is 21.7. The van der Waals surface area contributed by atoms with Crippen LogP contribution in [0.5, 0.6) is 0 Å². The lowest BCUT2D eigenvalue weighted by atomic mass is 9.99. The molecular formula is C10H15N3OS. The Morgan fingerprint density at radius 1 is 1.73 bits per heavy atom. The third-order valence-corrected chi connectivity index (χ3v) is 3.69. The summed E-state index contributed by atoms with van der Waals surface area (Å²) in [6.45, 7) is 1.74.